The topological polar surface area (TPSA) is 153 Å². The predicted octanol–water partition coefficient (Wildman–Crippen LogP) is 2.05. The molecule has 1 heterocycles. The summed E-state index contributed by atoms with van der Waals surface area (Å²) in [5, 5.41) is 24.4. The van der Waals surface area contributed by atoms with Crippen LogP contribution in [0, 0.1) is 27.2 Å². The molecule has 0 spiro atoms. The van der Waals surface area contributed by atoms with Crippen LogP contribution in [0.25, 0.3) is 0 Å². The highest BCUT2D eigenvalue weighted by Crippen LogP contribution is 2.30. The quantitative estimate of drug-likeness (QED) is 0.470. The maximum absolute atomic E-state index is 12.4. The first-order valence-electron chi connectivity index (χ1n) is 7.89. The van der Waals surface area contributed by atoms with Crippen LogP contribution in [0.15, 0.2) is 36.4 Å². The van der Waals surface area contributed by atoms with Crippen molar-refractivity contribution in [2.45, 2.75) is 6.92 Å². The normalized spacial score (nSPS) is 12.7. The second kappa shape index (κ2) is 6.87. The van der Waals surface area contributed by atoms with Gasteiger partial charge in [0.25, 0.3) is 23.2 Å². The number of carbonyl (C=O) groups excluding carboxylic acids is 3. The zero-order valence-corrected chi connectivity index (χ0v) is 14.4. The van der Waals surface area contributed by atoms with Gasteiger partial charge in [0.15, 0.2) is 0 Å². The minimum Gasteiger partial charge on any atom is -0.324 e. The fourth-order valence-electron chi connectivity index (χ4n) is 2.84. The van der Waals surface area contributed by atoms with E-state index >= 15 is 0 Å². The number of nitrogens with zero attached hydrogens (tertiary/aromatic N) is 3. The van der Waals surface area contributed by atoms with Gasteiger partial charge >= 0.3 is 0 Å². The highest BCUT2D eigenvalue weighted by atomic mass is 16.6. The number of aryl methyl sites for hydroxylation is 1. The van der Waals surface area contributed by atoms with E-state index in [1.807, 2.05) is 0 Å². The largest absolute Gasteiger partial charge is 0.324 e. The van der Waals surface area contributed by atoms with Crippen molar-refractivity contribution in [1.29, 1.82) is 0 Å². The van der Waals surface area contributed by atoms with E-state index in [9.17, 15) is 34.6 Å². The average Bonchev–Trinajstić information content (AvgIpc) is 2.88. The molecule has 0 radical (unpaired) electrons. The summed E-state index contributed by atoms with van der Waals surface area (Å²) in [5.41, 5.74) is -0.725. The van der Waals surface area contributed by atoms with Crippen LogP contribution in [-0.4, -0.2) is 39.0 Å². The molecule has 0 atom stereocenters. The van der Waals surface area contributed by atoms with Gasteiger partial charge in [-0.25, -0.2) is 0 Å². The van der Waals surface area contributed by atoms with Crippen LogP contribution in [0.1, 0.15) is 26.3 Å². The lowest BCUT2D eigenvalue weighted by molar-refractivity contribution is -0.385. The highest BCUT2D eigenvalue weighted by Gasteiger charge is 2.41. The Labute approximate surface area is 156 Å². The number of nitro groups is 2. The third-order valence-electron chi connectivity index (χ3n) is 4.17. The van der Waals surface area contributed by atoms with Crippen LogP contribution in [0.3, 0.4) is 0 Å². The van der Waals surface area contributed by atoms with Gasteiger partial charge in [-0.2, -0.15) is 0 Å². The Balaban J connectivity index is 1.80. The summed E-state index contributed by atoms with van der Waals surface area (Å²) in [5.74, 6) is -2.55. The first kappa shape index (κ1) is 18.6. The number of anilines is 1. The fraction of sp³-hybridized carbons (Fsp3) is 0.118. The Bertz CT molecular complexity index is 1060. The zero-order valence-electron chi connectivity index (χ0n) is 14.4. The number of rotatable bonds is 5. The third-order valence-corrected chi connectivity index (χ3v) is 4.17. The number of nitro benzene ring substituents is 2. The van der Waals surface area contributed by atoms with Crippen molar-refractivity contribution in [1.82, 2.24) is 4.90 Å². The van der Waals surface area contributed by atoms with E-state index in [0.29, 0.717) is 10.5 Å². The average molecular weight is 384 g/mol. The third kappa shape index (κ3) is 3.16. The van der Waals surface area contributed by atoms with Crippen molar-refractivity contribution in [3.05, 3.63) is 73.3 Å². The molecular formula is C17H12N4O7. The van der Waals surface area contributed by atoms with Crippen LogP contribution in [0.5, 0.6) is 0 Å². The molecule has 11 nitrogen and oxygen atoms in total. The number of imide groups is 1. The van der Waals surface area contributed by atoms with E-state index < -0.39 is 39.8 Å². The second-order valence-electron chi connectivity index (χ2n) is 5.96. The molecule has 28 heavy (non-hydrogen) atoms. The minimum absolute atomic E-state index is 0.116. The van der Waals surface area contributed by atoms with Crippen molar-refractivity contribution in [3.63, 3.8) is 0 Å². The number of hydrogen-bond donors (Lipinski definition) is 1. The van der Waals surface area contributed by atoms with Gasteiger partial charge in [-0.3, -0.25) is 39.5 Å². The summed E-state index contributed by atoms with van der Waals surface area (Å²) in [7, 11) is 0. The van der Waals surface area contributed by atoms with Gasteiger partial charge in [0.1, 0.15) is 12.1 Å². The number of benzene rings is 2. The van der Waals surface area contributed by atoms with E-state index in [0.717, 1.165) is 12.1 Å². The SMILES string of the molecule is Cc1ccc(NC(=O)CN2C(=O)c3cccc([N+](=O)[O-])c3C2=O)cc1[N+](=O)[O-]. The second-order valence-corrected chi connectivity index (χ2v) is 5.96. The molecule has 11 heteroatoms. The standard InChI is InChI=1S/C17H12N4O7/c1-9-5-6-10(7-13(9)21(27)28)18-14(22)8-19-16(23)11-3-2-4-12(20(25)26)15(11)17(19)24/h2-7H,8H2,1H3,(H,18,22). The summed E-state index contributed by atoms with van der Waals surface area (Å²) >= 11 is 0. The summed E-state index contributed by atoms with van der Waals surface area (Å²) < 4.78 is 0. The van der Waals surface area contributed by atoms with Gasteiger partial charge in [-0.15, -0.1) is 0 Å². The monoisotopic (exact) mass is 384 g/mol. The molecule has 3 amide bonds. The van der Waals surface area contributed by atoms with Crippen molar-refractivity contribution in [2.75, 3.05) is 11.9 Å². The summed E-state index contributed by atoms with van der Waals surface area (Å²) in [6, 6.07) is 7.67. The maximum atomic E-state index is 12.4. The van der Waals surface area contributed by atoms with Gasteiger partial charge in [-0.05, 0) is 19.1 Å². The van der Waals surface area contributed by atoms with E-state index in [1.54, 1.807) is 0 Å². The van der Waals surface area contributed by atoms with E-state index in [2.05, 4.69) is 5.32 Å². The van der Waals surface area contributed by atoms with Crippen molar-refractivity contribution in [3.8, 4) is 0 Å². The molecule has 0 aromatic heterocycles. The Hall–Kier alpha value is -4.15. The smallest absolute Gasteiger partial charge is 0.282 e. The van der Waals surface area contributed by atoms with Gasteiger partial charge in [0, 0.05) is 23.4 Å². The molecule has 1 aliphatic heterocycles. The van der Waals surface area contributed by atoms with Crippen LogP contribution >= 0.6 is 0 Å². The maximum Gasteiger partial charge on any atom is 0.282 e. The molecule has 0 bridgehead atoms. The number of carbonyl (C=O) groups is 3. The molecule has 0 fully saturated rings. The molecule has 0 aliphatic carbocycles. The highest BCUT2D eigenvalue weighted by molar-refractivity contribution is 6.24. The first-order valence-corrected chi connectivity index (χ1v) is 7.89. The Morgan fingerprint density at radius 1 is 1.04 bits per heavy atom. The molecule has 3 rings (SSSR count). The molecule has 2 aromatic carbocycles. The number of hydrogen-bond acceptors (Lipinski definition) is 7. The molecule has 142 valence electrons. The molecule has 0 unspecified atom stereocenters. The van der Waals surface area contributed by atoms with Crippen LogP contribution in [-0.2, 0) is 4.79 Å². The Kier molecular flexibility index (Phi) is 4.57. The van der Waals surface area contributed by atoms with E-state index in [1.165, 1.54) is 31.2 Å². The van der Waals surface area contributed by atoms with Crippen molar-refractivity contribution in [2.24, 2.45) is 0 Å². The summed E-state index contributed by atoms with van der Waals surface area (Å²) in [6.45, 7) is 0.848. The van der Waals surface area contributed by atoms with Gasteiger partial charge in [0.2, 0.25) is 5.91 Å². The fourth-order valence-corrected chi connectivity index (χ4v) is 2.84. The van der Waals surface area contributed by atoms with E-state index in [4.69, 9.17) is 0 Å². The van der Waals surface area contributed by atoms with Gasteiger partial charge < -0.3 is 5.32 Å². The summed E-state index contributed by atoms with van der Waals surface area (Å²) in [6.07, 6.45) is 0. The lowest BCUT2D eigenvalue weighted by Gasteiger charge is -2.13. The van der Waals surface area contributed by atoms with Gasteiger partial charge in [-0.1, -0.05) is 12.1 Å². The zero-order chi connectivity index (χ0) is 20.6. The minimum atomic E-state index is -0.947. The number of nitrogens with one attached hydrogen (secondary N) is 1. The van der Waals surface area contributed by atoms with Gasteiger partial charge in [0.05, 0.1) is 15.4 Å². The number of amides is 3. The molecule has 0 saturated carbocycles. The van der Waals surface area contributed by atoms with Crippen LogP contribution in [0.2, 0.25) is 0 Å². The lowest BCUT2D eigenvalue weighted by atomic mass is 10.1. The molecule has 0 saturated heterocycles. The lowest BCUT2D eigenvalue weighted by Crippen LogP contribution is -2.37. The molecule has 1 aliphatic rings. The van der Waals surface area contributed by atoms with E-state index in [-0.39, 0.29) is 22.5 Å². The Morgan fingerprint density at radius 3 is 2.36 bits per heavy atom. The van der Waals surface area contributed by atoms with Crippen molar-refractivity contribution < 1.29 is 24.2 Å². The molecule has 1 N–H and O–H groups in total. The Morgan fingerprint density at radius 2 is 1.71 bits per heavy atom. The summed E-state index contributed by atoms with van der Waals surface area (Å²) in [4.78, 5) is 58.3. The van der Waals surface area contributed by atoms with Crippen LogP contribution in [0.4, 0.5) is 17.1 Å². The molecular weight excluding hydrogens is 372 g/mol. The number of fused-ring (bicyclic) bond motifs is 1. The van der Waals surface area contributed by atoms with Crippen LogP contribution < -0.4 is 5.32 Å². The first-order chi connectivity index (χ1) is 13.2. The predicted molar refractivity (Wildman–Crippen MR) is 94.9 cm³/mol. The molecule has 2 aromatic rings. The van der Waals surface area contributed by atoms with Crippen molar-refractivity contribution >= 4 is 34.8 Å².